The second-order valence-corrected chi connectivity index (χ2v) is 13.3. The van der Waals surface area contributed by atoms with Crippen LogP contribution in [-0.2, 0) is 5.41 Å². The average molecular weight is 587 g/mol. The third kappa shape index (κ3) is 3.51. The van der Waals surface area contributed by atoms with Gasteiger partial charge in [0.2, 0.25) is 0 Å². The van der Waals surface area contributed by atoms with Crippen LogP contribution in [-0.4, -0.2) is 0 Å². The smallest absolute Gasteiger partial charge is 0.143 e. The molecule has 0 radical (unpaired) electrons. The molecule has 1 aliphatic carbocycles. The van der Waals surface area contributed by atoms with Crippen LogP contribution in [0.5, 0.6) is 0 Å². The molecule has 0 N–H and O–H groups in total. The topological polar surface area (TPSA) is 13.1 Å². The van der Waals surface area contributed by atoms with Crippen LogP contribution in [0.15, 0.2) is 150 Å². The van der Waals surface area contributed by atoms with E-state index in [0.29, 0.717) is 0 Å². The van der Waals surface area contributed by atoms with Crippen molar-refractivity contribution < 1.29 is 4.42 Å². The maximum Gasteiger partial charge on any atom is 0.143 e. The van der Waals surface area contributed by atoms with Crippen LogP contribution in [0.2, 0.25) is 0 Å². The number of hydrogen-bond donors (Lipinski definition) is 0. The minimum atomic E-state index is -0.129. The molecule has 8 aromatic carbocycles. The molecule has 1 heteroatoms. The van der Waals surface area contributed by atoms with Crippen LogP contribution < -0.4 is 0 Å². The monoisotopic (exact) mass is 586 g/mol. The van der Waals surface area contributed by atoms with Gasteiger partial charge in [-0.3, -0.25) is 0 Å². The summed E-state index contributed by atoms with van der Waals surface area (Å²) in [6.45, 7) is 4.75. The van der Waals surface area contributed by atoms with Gasteiger partial charge in [-0.1, -0.05) is 123 Å². The molecule has 0 atom stereocenters. The lowest BCUT2D eigenvalue weighted by molar-refractivity contribution is 0.661. The van der Waals surface area contributed by atoms with Gasteiger partial charge in [0.05, 0.1) is 0 Å². The van der Waals surface area contributed by atoms with Crippen molar-refractivity contribution in [2.24, 2.45) is 0 Å². The summed E-state index contributed by atoms with van der Waals surface area (Å²) in [6.07, 6.45) is 0. The highest BCUT2D eigenvalue weighted by Gasteiger charge is 2.36. The quantitative estimate of drug-likeness (QED) is 0.196. The highest BCUT2D eigenvalue weighted by molar-refractivity contribution is 6.19. The highest BCUT2D eigenvalue weighted by atomic mass is 16.3. The van der Waals surface area contributed by atoms with E-state index in [2.05, 4.69) is 159 Å². The Labute approximate surface area is 267 Å². The van der Waals surface area contributed by atoms with Crippen LogP contribution in [0.4, 0.5) is 0 Å². The molecule has 1 heterocycles. The molecular formula is C45H30O. The van der Waals surface area contributed by atoms with Crippen molar-refractivity contribution in [2.75, 3.05) is 0 Å². The number of fused-ring (bicyclic) bond motifs is 10. The number of furan rings is 1. The van der Waals surface area contributed by atoms with Gasteiger partial charge in [0.25, 0.3) is 0 Å². The number of hydrogen-bond acceptors (Lipinski definition) is 1. The zero-order chi connectivity index (χ0) is 30.6. The van der Waals surface area contributed by atoms with Gasteiger partial charge in [-0.05, 0) is 108 Å². The molecule has 0 aliphatic heterocycles. The summed E-state index contributed by atoms with van der Waals surface area (Å²) >= 11 is 0. The Hall–Kier alpha value is -5.66. The molecule has 0 spiro atoms. The fourth-order valence-corrected chi connectivity index (χ4v) is 8.08. The van der Waals surface area contributed by atoms with Crippen molar-refractivity contribution in [1.29, 1.82) is 0 Å². The van der Waals surface area contributed by atoms with Crippen molar-refractivity contribution in [1.82, 2.24) is 0 Å². The van der Waals surface area contributed by atoms with E-state index in [4.69, 9.17) is 4.42 Å². The molecule has 1 aromatic heterocycles. The highest BCUT2D eigenvalue weighted by Crippen LogP contribution is 2.52. The lowest BCUT2D eigenvalue weighted by atomic mass is 9.80. The second-order valence-electron chi connectivity index (χ2n) is 13.3. The number of benzene rings is 8. The largest absolute Gasteiger partial charge is 0.455 e. The van der Waals surface area contributed by atoms with E-state index in [-0.39, 0.29) is 5.41 Å². The summed E-state index contributed by atoms with van der Waals surface area (Å²) < 4.78 is 6.53. The summed E-state index contributed by atoms with van der Waals surface area (Å²) in [7, 11) is 0. The van der Waals surface area contributed by atoms with Crippen molar-refractivity contribution in [3.63, 3.8) is 0 Å². The first-order valence-corrected chi connectivity index (χ1v) is 16.1. The first kappa shape index (κ1) is 25.6. The summed E-state index contributed by atoms with van der Waals surface area (Å²) in [5.41, 5.74) is 12.2. The molecule has 0 unspecified atom stereocenters. The van der Waals surface area contributed by atoms with Gasteiger partial charge in [0, 0.05) is 21.6 Å². The van der Waals surface area contributed by atoms with E-state index in [1.165, 1.54) is 82.2 Å². The first-order valence-electron chi connectivity index (χ1n) is 16.1. The van der Waals surface area contributed by atoms with Crippen molar-refractivity contribution in [3.05, 3.63) is 157 Å². The lowest BCUT2D eigenvalue weighted by Crippen LogP contribution is -2.15. The minimum absolute atomic E-state index is 0.129. The molecular weight excluding hydrogens is 556 g/mol. The van der Waals surface area contributed by atoms with Gasteiger partial charge >= 0.3 is 0 Å². The second kappa shape index (κ2) is 9.19. The lowest BCUT2D eigenvalue weighted by Gasteiger charge is -2.22. The zero-order valence-corrected chi connectivity index (χ0v) is 25.8. The van der Waals surface area contributed by atoms with Crippen LogP contribution in [0, 0.1) is 0 Å². The Kier molecular flexibility index (Phi) is 5.12. The Balaban J connectivity index is 1.16. The summed E-state index contributed by atoms with van der Waals surface area (Å²) in [5, 5.41) is 9.82. The maximum atomic E-state index is 6.53. The van der Waals surface area contributed by atoms with Crippen LogP contribution in [0.1, 0.15) is 25.0 Å². The van der Waals surface area contributed by atoms with Gasteiger partial charge < -0.3 is 4.42 Å². The van der Waals surface area contributed by atoms with Crippen LogP contribution >= 0.6 is 0 Å². The van der Waals surface area contributed by atoms with Gasteiger partial charge in [-0.2, -0.15) is 0 Å². The minimum Gasteiger partial charge on any atom is -0.455 e. The van der Waals surface area contributed by atoms with E-state index in [1.807, 2.05) is 0 Å². The Morgan fingerprint density at radius 1 is 0.413 bits per heavy atom. The van der Waals surface area contributed by atoms with Gasteiger partial charge in [0.1, 0.15) is 11.2 Å². The predicted octanol–water partition coefficient (Wildman–Crippen LogP) is 12.7. The molecule has 0 saturated heterocycles. The maximum absolute atomic E-state index is 6.53. The molecule has 1 nitrogen and oxygen atoms in total. The summed E-state index contributed by atoms with van der Waals surface area (Å²) in [6, 6.07) is 53.5. The normalized spacial score (nSPS) is 13.6. The Morgan fingerprint density at radius 2 is 1.11 bits per heavy atom. The van der Waals surface area contributed by atoms with Gasteiger partial charge in [0.15, 0.2) is 0 Å². The van der Waals surface area contributed by atoms with E-state index in [1.54, 1.807) is 0 Å². The average Bonchev–Trinajstić information content (AvgIpc) is 3.59. The molecule has 216 valence electrons. The molecule has 0 fully saturated rings. The van der Waals surface area contributed by atoms with E-state index in [9.17, 15) is 0 Å². The van der Waals surface area contributed by atoms with E-state index < -0.39 is 0 Å². The van der Waals surface area contributed by atoms with Crippen LogP contribution in [0.3, 0.4) is 0 Å². The molecule has 0 bridgehead atoms. The van der Waals surface area contributed by atoms with Gasteiger partial charge in [-0.15, -0.1) is 0 Å². The van der Waals surface area contributed by atoms with Crippen molar-refractivity contribution in [2.45, 2.75) is 19.3 Å². The zero-order valence-electron chi connectivity index (χ0n) is 25.8. The number of rotatable bonds is 2. The fourth-order valence-electron chi connectivity index (χ4n) is 8.08. The van der Waals surface area contributed by atoms with E-state index in [0.717, 1.165) is 16.6 Å². The molecule has 0 amide bonds. The van der Waals surface area contributed by atoms with Gasteiger partial charge in [-0.25, -0.2) is 0 Å². The summed E-state index contributed by atoms with van der Waals surface area (Å²) in [4.78, 5) is 0. The third-order valence-electron chi connectivity index (χ3n) is 10.4. The third-order valence-corrected chi connectivity index (χ3v) is 10.4. The molecule has 46 heavy (non-hydrogen) atoms. The fraction of sp³-hybridized carbons (Fsp3) is 0.0667. The summed E-state index contributed by atoms with van der Waals surface area (Å²) in [5.74, 6) is 0. The van der Waals surface area contributed by atoms with E-state index >= 15 is 0 Å². The van der Waals surface area contributed by atoms with Crippen LogP contribution in [0.25, 0.3) is 87.6 Å². The van der Waals surface area contributed by atoms with Crippen molar-refractivity contribution >= 4 is 54.3 Å². The molecule has 10 rings (SSSR count). The molecule has 9 aromatic rings. The molecule has 0 saturated carbocycles. The SMILES string of the molecule is CC1(C)c2cc(-c3cccc4oc5c6ccccc6ccc5c34)ccc2-c2cc3c(-c4ccc5ccccc5c4)cccc3cc21. The van der Waals surface area contributed by atoms with Crippen molar-refractivity contribution in [3.8, 4) is 33.4 Å². The standard InChI is InChI=1S/C45H30O/c1-45(2)40-25-32(34-15-8-16-42-43(34)37-22-19-28-10-5-6-13-35(28)44(37)46-42)20-21-36(40)39-26-38-30(24-41(39)45)12-7-14-33(38)31-18-17-27-9-3-4-11-29(27)23-31/h3-26H,1-2H3. The first-order chi connectivity index (χ1) is 22.5. The Bertz CT molecular complexity index is 2720. The Morgan fingerprint density at radius 3 is 2.02 bits per heavy atom. The molecule has 1 aliphatic rings. The predicted molar refractivity (Wildman–Crippen MR) is 195 cm³/mol.